The fourth-order valence-electron chi connectivity index (χ4n) is 3.11. The number of hydrogen-bond donors (Lipinski definition) is 2. The number of rotatable bonds is 10. The number of nitrogens with zero attached hydrogens (tertiary/aromatic N) is 1. The normalized spacial score (nSPS) is 10.3. The second-order valence-electron chi connectivity index (χ2n) is 6.85. The molecule has 1 aromatic heterocycles. The van der Waals surface area contributed by atoms with E-state index in [1.165, 1.54) is 32.5 Å². The predicted octanol–water partition coefficient (Wildman–Crippen LogP) is 5.28. The van der Waals surface area contributed by atoms with Crippen LogP contribution in [0, 0.1) is 0 Å². The molecule has 0 aliphatic rings. The lowest BCUT2D eigenvalue weighted by molar-refractivity contribution is 0.327. The van der Waals surface area contributed by atoms with Crippen molar-refractivity contribution >= 4 is 58.6 Å². The van der Waals surface area contributed by atoms with Crippen LogP contribution < -0.4 is 11.1 Å². The Labute approximate surface area is 197 Å². The number of nitrogens with one attached hydrogen (secondary N) is 1. The quantitative estimate of drug-likeness (QED) is 0.391. The highest BCUT2D eigenvalue weighted by Gasteiger charge is 2.02. The maximum absolute atomic E-state index is 5.64. The van der Waals surface area contributed by atoms with Crippen molar-refractivity contribution in [3.63, 3.8) is 0 Å². The Balaban J connectivity index is 0.00000261. The molecule has 0 spiro atoms. The summed E-state index contributed by atoms with van der Waals surface area (Å²) < 4.78 is 1.38. The summed E-state index contributed by atoms with van der Waals surface area (Å²) in [6.07, 6.45) is 2.32. The molecule has 3 N–H and O–H groups in total. The highest BCUT2D eigenvalue weighted by Crippen LogP contribution is 2.24. The van der Waals surface area contributed by atoms with Gasteiger partial charge in [-0.2, -0.15) is 0 Å². The summed E-state index contributed by atoms with van der Waals surface area (Å²) in [5, 5.41) is 4.92. The van der Waals surface area contributed by atoms with Crippen LogP contribution in [0.2, 0.25) is 0 Å². The fourth-order valence-corrected chi connectivity index (χ4v) is 4.15. The first-order valence-electron chi connectivity index (χ1n) is 9.39. The minimum Gasteiger partial charge on any atom is -0.326 e. The number of aryl methyl sites for hydroxylation is 1. The molecule has 0 aliphatic carbocycles. The third-order valence-corrected chi connectivity index (χ3v) is 5.83. The molecule has 3 nitrogen and oxygen atoms in total. The van der Waals surface area contributed by atoms with E-state index in [1.807, 2.05) is 11.3 Å². The average Bonchev–Trinajstić information content (AvgIpc) is 3.09. The van der Waals surface area contributed by atoms with E-state index in [1.54, 1.807) is 0 Å². The van der Waals surface area contributed by atoms with Crippen LogP contribution in [0.5, 0.6) is 0 Å². The maximum atomic E-state index is 5.64. The zero-order valence-corrected chi connectivity index (χ0v) is 20.1. The van der Waals surface area contributed by atoms with E-state index in [0.717, 1.165) is 32.6 Å². The molecule has 0 fully saturated rings. The van der Waals surface area contributed by atoms with Gasteiger partial charge in [0, 0.05) is 35.8 Å². The van der Waals surface area contributed by atoms with Crippen molar-refractivity contribution in [2.24, 2.45) is 5.73 Å². The highest BCUT2D eigenvalue weighted by atomic mass is 35.5. The van der Waals surface area contributed by atoms with Crippen LogP contribution >= 0.6 is 48.6 Å². The number of likely N-dealkylation sites (N-methyl/N-ethyl adjacent to an activating group) is 1. The molecule has 0 amide bonds. The lowest BCUT2D eigenvalue weighted by Gasteiger charge is -2.16. The molecular formula is C22H32Cl3N3S. The van der Waals surface area contributed by atoms with Crippen molar-refractivity contribution in [1.82, 2.24) is 10.2 Å². The van der Waals surface area contributed by atoms with Crippen LogP contribution in [0.4, 0.5) is 0 Å². The summed E-state index contributed by atoms with van der Waals surface area (Å²) in [4.78, 5) is 3.82. The zero-order valence-electron chi connectivity index (χ0n) is 16.8. The van der Waals surface area contributed by atoms with Gasteiger partial charge in [-0.3, -0.25) is 0 Å². The summed E-state index contributed by atoms with van der Waals surface area (Å²) in [6.45, 7) is 4.81. The third kappa shape index (κ3) is 9.22. The lowest BCUT2D eigenvalue weighted by Crippen LogP contribution is -2.29. The summed E-state index contributed by atoms with van der Waals surface area (Å²) in [5.74, 6) is 0. The molecule has 0 bridgehead atoms. The van der Waals surface area contributed by atoms with Crippen LogP contribution in [0.1, 0.15) is 22.4 Å². The summed E-state index contributed by atoms with van der Waals surface area (Å²) in [6, 6.07) is 19.6. The van der Waals surface area contributed by atoms with E-state index in [-0.39, 0.29) is 37.2 Å². The molecule has 0 radical (unpaired) electrons. The van der Waals surface area contributed by atoms with Crippen molar-refractivity contribution in [1.29, 1.82) is 0 Å². The Morgan fingerprint density at radius 2 is 1.62 bits per heavy atom. The molecule has 3 aromatic rings. The van der Waals surface area contributed by atoms with E-state index < -0.39 is 0 Å². The van der Waals surface area contributed by atoms with Crippen LogP contribution in [-0.2, 0) is 19.5 Å². The molecule has 0 atom stereocenters. The van der Waals surface area contributed by atoms with Crippen molar-refractivity contribution < 1.29 is 0 Å². The summed E-state index contributed by atoms with van der Waals surface area (Å²) in [7, 11) is 2.21. The molecule has 0 saturated heterocycles. The van der Waals surface area contributed by atoms with Gasteiger partial charge in [-0.05, 0) is 55.1 Å². The Bertz CT molecular complexity index is 775. The molecule has 0 unspecified atom stereocenters. The van der Waals surface area contributed by atoms with Gasteiger partial charge < -0.3 is 16.0 Å². The SMILES string of the molecule is CN(CCCc1ccc(CN)cc1)CCNCc1cc2ccccc2s1.Cl.Cl.Cl. The van der Waals surface area contributed by atoms with Gasteiger partial charge in [0.2, 0.25) is 0 Å². The minimum atomic E-state index is 0. The van der Waals surface area contributed by atoms with E-state index in [4.69, 9.17) is 5.73 Å². The molecular weight excluding hydrogens is 445 g/mol. The number of nitrogens with two attached hydrogens (primary N) is 1. The summed E-state index contributed by atoms with van der Waals surface area (Å²) >= 11 is 1.89. The average molecular weight is 477 g/mol. The molecule has 2 aromatic carbocycles. The predicted molar refractivity (Wildman–Crippen MR) is 135 cm³/mol. The Morgan fingerprint density at radius 3 is 2.31 bits per heavy atom. The zero-order chi connectivity index (χ0) is 18.2. The van der Waals surface area contributed by atoms with Crippen LogP contribution in [-0.4, -0.2) is 31.6 Å². The van der Waals surface area contributed by atoms with Crippen molar-refractivity contribution in [2.75, 3.05) is 26.7 Å². The van der Waals surface area contributed by atoms with E-state index in [2.05, 4.69) is 71.9 Å². The van der Waals surface area contributed by atoms with Crippen molar-refractivity contribution in [3.8, 4) is 0 Å². The highest BCUT2D eigenvalue weighted by molar-refractivity contribution is 7.19. The van der Waals surface area contributed by atoms with E-state index in [9.17, 15) is 0 Å². The minimum absolute atomic E-state index is 0. The monoisotopic (exact) mass is 475 g/mol. The molecule has 1 heterocycles. The molecule has 29 heavy (non-hydrogen) atoms. The summed E-state index contributed by atoms with van der Waals surface area (Å²) in [5.41, 5.74) is 8.25. The lowest BCUT2D eigenvalue weighted by atomic mass is 10.1. The van der Waals surface area contributed by atoms with Crippen molar-refractivity contribution in [2.45, 2.75) is 25.9 Å². The van der Waals surface area contributed by atoms with Gasteiger partial charge in [0.05, 0.1) is 0 Å². The van der Waals surface area contributed by atoms with Gasteiger partial charge in [-0.25, -0.2) is 0 Å². The Hall–Kier alpha value is -0.850. The second kappa shape index (κ2) is 15.0. The molecule has 0 saturated carbocycles. The molecule has 162 valence electrons. The first-order valence-corrected chi connectivity index (χ1v) is 10.2. The molecule has 0 aliphatic heterocycles. The first kappa shape index (κ1) is 28.2. The third-order valence-electron chi connectivity index (χ3n) is 4.71. The number of thiophene rings is 1. The number of benzene rings is 2. The van der Waals surface area contributed by atoms with Crippen molar-refractivity contribution in [3.05, 3.63) is 70.6 Å². The van der Waals surface area contributed by atoms with Gasteiger partial charge in [-0.1, -0.05) is 42.5 Å². The Morgan fingerprint density at radius 1 is 0.931 bits per heavy atom. The largest absolute Gasteiger partial charge is 0.326 e. The van der Waals surface area contributed by atoms with Gasteiger partial charge in [0.1, 0.15) is 0 Å². The van der Waals surface area contributed by atoms with Gasteiger partial charge in [-0.15, -0.1) is 48.6 Å². The van der Waals surface area contributed by atoms with Crippen LogP contribution in [0.3, 0.4) is 0 Å². The number of hydrogen-bond acceptors (Lipinski definition) is 4. The van der Waals surface area contributed by atoms with Crippen LogP contribution in [0.15, 0.2) is 54.6 Å². The fraction of sp³-hybridized carbons (Fsp3) is 0.364. The maximum Gasteiger partial charge on any atom is 0.0346 e. The number of halogens is 3. The van der Waals surface area contributed by atoms with Gasteiger partial charge in [0.25, 0.3) is 0 Å². The first-order chi connectivity index (χ1) is 12.7. The smallest absolute Gasteiger partial charge is 0.0346 e. The van der Waals surface area contributed by atoms with E-state index in [0.29, 0.717) is 6.54 Å². The number of fused-ring (bicyclic) bond motifs is 1. The van der Waals surface area contributed by atoms with Crippen LogP contribution in [0.25, 0.3) is 10.1 Å². The standard InChI is InChI=1S/C22H29N3S.3ClH/c1-25(13-4-5-18-8-10-19(16-23)11-9-18)14-12-24-17-21-15-20-6-2-3-7-22(20)26-21;;;/h2-3,6-11,15,24H,4-5,12-14,16-17,23H2,1H3;3*1H. The second-order valence-corrected chi connectivity index (χ2v) is 8.02. The van der Waals surface area contributed by atoms with E-state index >= 15 is 0 Å². The van der Waals surface area contributed by atoms with Gasteiger partial charge >= 0.3 is 0 Å². The topological polar surface area (TPSA) is 41.3 Å². The Kier molecular flexibility index (Phi) is 14.6. The molecule has 3 rings (SSSR count). The molecule has 7 heteroatoms. The van der Waals surface area contributed by atoms with Gasteiger partial charge in [0.15, 0.2) is 0 Å².